The average Bonchev–Trinajstić information content (AvgIpc) is 3.20. The molecule has 1 fully saturated rings. The Labute approximate surface area is 127 Å². The van der Waals surface area contributed by atoms with E-state index in [2.05, 4.69) is 16.4 Å². The van der Waals surface area contributed by atoms with Gasteiger partial charge in [-0.25, -0.2) is 4.98 Å². The molecule has 0 bridgehead atoms. The maximum atomic E-state index is 11.5. The number of nitrogens with zero attached hydrogens (tertiary/aromatic N) is 1. The van der Waals surface area contributed by atoms with Crippen LogP contribution in [-0.2, 0) is 11.2 Å². The first-order valence-electron chi connectivity index (χ1n) is 7.54. The number of benzene rings is 1. The maximum Gasteiger partial charge on any atom is 0.225 e. The van der Waals surface area contributed by atoms with E-state index in [1.54, 1.807) is 6.20 Å². The molecule has 3 aliphatic rings. The van der Waals surface area contributed by atoms with Gasteiger partial charge in [0.2, 0.25) is 5.91 Å². The standard InChI is InChI=1S/C17H14N2O3/c20-16-4-2-10-14(5-6-18-17(10)19-16)21-9-1-3-13-11(7-9)12-8-15(12)22-13/h1,3,5-7,12,15H,2,4,8H2,(H,18,19,20). The van der Waals surface area contributed by atoms with Gasteiger partial charge in [0.15, 0.2) is 0 Å². The van der Waals surface area contributed by atoms with E-state index >= 15 is 0 Å². The van der Waals surface area contributed by atoms with Crippen molar-refractivity contribution in [1.29, 1.82) is 0 Å². The van der Waals surface area contributed by atoms with Gasteiger partial charge in [0.25, 0.3) is 0 Å². The van der Waals surface area contributed by atoms with Crippen LogP contribution in [0.1, 0.15) is 29.9 Å². The van der Waals surface area contributed by atoms with Gasteiger partial charge in [-0.15, -0.1) is 0 Å². The molecule has 1 saturated carbocycles. The van der Waals surface area contributed by atoms with Crippen LogP contribution in [0.4, 0.5) is 5.82 Å². The largest absolute Gasteiger partial charge is 0.489 e. The number of nitrogens with one attached hydrogen (secondary N) is 1. The van der Waals surface area contributed by atoms with Gasteiger partial charge in [0.1, 0.15) is 29.2 Å². The monoisotopic (exact) mass is 294 g/mol. The first-order chi connectivity index (χ1) is 10.8. The zero-order valence-electron chi connectivity index (χ0n) is 11.8. The van der Waals surface area contributed by atoms with Crippen molar-refractivity contribution in [3.05, 3.63) is 41.6 Å². The molecule has 1 aliphatic carbocycles. The lowest BCUT2D eigenvalue weighted by Crippen LogP contribution is -2.20. The lowest BCUT2D eigenvalue weighted by Gasteiger charge is -2.19. The molecule has 0 spiro atoms. The van der Waals surface area contributed by atoms with Crippen molar-refractivity contribution in [2.75, 3.05) is 5.32 Å². The molecule has 2 aromatic rings. The van der Waals surface area contributed by atoms with Crippen LogP contribution in [-0.4, -0.2) is 17.0 Å². The molecule has 1 N–H and O–H groups in total. The Kier molecular flexibility index (Phi) is 2.31. The second-order valence-electron chi connectivity index (χ2n) is 5.98. The predicted molar refractivity (Wildman–Crippen MR) is 79.5 cm³/mol. The third-order valence-corrected chi connectivity index (χ3v) is 4.49. The maximum absolute atomic E-state index is 11.5. The van der Waals surface area contributed by atoms with Crippen LogP contribution in [0.3, 0.4) is 0 Å². The van der Waals surface area contributed by atoms with Crippen molar-refractivity contribution in [3.63, 3.8) is 0 Å². The molecule has 5 rings (SSSR count). The van der Waals surface area contributed by atoms with Crippen LogP contribution in [0.5, 0.6) is 17.2 Å². The highest BCUT2D eigenvalue weighted by atomic mass is 16.5. The summed E-state index contributed by atoms with van der Waals surface area (Å²) in [5, 5.41) is 2.79. The molecule has 22 heavy (non-hydrogen) atoms. The Balaban J connectivity index is 1.48. The van der Waals surface area contributed by atoms with Crippen molar-refractivity contribution < 1.29 is 14.3 Å². The second kappa shape index (κ2) is 4.22. The van der Waals surface area contributed by atoms with E-state index in [1.807, 2.05) is 18.2 Å². The summed E-state index contributed by atoms with van der Waals surface area (Å²) < 4.78 is 11.8. The number of carbonyl (C=O) groups is 1. The number of ether oxygens (including phenoxy) is 2. The number of carbonyl (C=O) groups excluding carboxylic acids is 1. The Hall–Kier alpha value is -2.56. The Bertz CT molecular complexity index is 802. The van der Waals surface area contributed by atoms with Crippen LogP contribution >= 0.6 is 0 Å². The molecule has 0 saturated heterocycles. The molecule has 0 radical (unpaired) electrons. The Morgan fingerprint density at radius 2 is 2.23 bits per heavy atom. The average molecular weight is 294 g/mol. The summed E-state index contributed by atoms with van der Waals surface area (Å²) in [6.45, 7) is 0. The van der Waals surface area contributed by atoms with Gasteiger partial charge < -0.3 is 14.8 Å². The number of pyridine rings is 1. The lowest BCUT2D eigenvalue weighted by atomic mass is 10.1. The zero-order valence-corrected chi connectivity index (χ0v) is 11.8. The Morgan fingerprint density at radius 3 is 3.18 bits per heavy atom. The van der Waals surface area contributed by atoms with Crippen molar-refractivity contribution in [3.8, 4) is 17.2 Å². The summed E-state index contributed by atoms with van der Waals surface area (Å²) in [6, 6.07) is 7.82. The summed E-state index contributed by atoms with van der Waals surface area (Å²) in [5.74, 6) is 3.71. The zero-order chi connectivity index (χ0) is 14.7. The molecular weight excluding hydrogens is 280 g/mol. The number of anilines is 1. The highest BCUT2D eigenvalue weighted by molar-refractivity contribution is 5.93. The third-order valence-electron chi connectivity index (χ3n) is 4.49. The van der Waals surface area contributed by atoms with Crippen molar-refractivity contribution >= 4 is 11.7 Å². The van der Waals surface area contributed by atoms with E-state index in [-0.39, 0.29) is 5.91 Å². The molecule has 3 heterocycles. The van der Waals surface area contributed by atoms with E-state index < -0.39 is 0 Å². The molecule has 5 nitrogen and oxygen atoms in total. The van der Waals surface area contributed by atoms with Crippen molar-refractivity contribution in [1.82, 2.24) is 4.98 Å². The van der Waals surface area contributed by atoms with Crippen LogP contribution < -0.4 is 14.8 Å². The second-order valence-corrected chi connectivity index (χ2v) is 5.98. The number of amides is 1. The highest BCUT2D eigenvalue weighted by Gasteiger charge is 2.48. The van der Waals surface area contributed by atoms with Gasteiger partial charge in [0, 0.05) is 29.7 Å². The quantitative estimate of drug-likeness (QED) is 0.925. The minimum atomic E-state index is 0.00612. The number of fused-ring (bicyclic) bond motifs is 4. The molecule has 2 atom stereocenters. The molecule has 1 aromatic heterocycles. The predicted octanol–water partition coefficient (Wildman–Crippen LogP) is 3.01. The van der Waals surface area contributed by atoms with Gasteiger partial charge in [-0.05, 0) is 37.1 Å². The molecular formula is C17H14N2O3. The van der Waals surface area contributed by atoms with Crippen LogP contribution in [0, 0.1) is 0 Å². The minimum Gasteiger partial charge on any atom is -0.489 e. The lowest BCUT2D eigenvalue weighted by molar-refractivity contribution is -0.116. The third kappa shape index (κ3) is 1.78. The van der Waals surface area contributed by atoms with E-state index in [9.17, 15) is 4.79 Å². The van der Waals surface area contributed by atoms with Crippen LogP contribution in [0.25, 0.3) is 0 Å². The Morgan fingerprint density at radius 1 is 1.27 bits per heavy atom. The fourth-order valence-electron chi connectivity index (χ4n) is 3.26. The smallest absolute Gasteiger partial charge is 0.225 e. The summed E-state index contributed by atoms with van der Waals surface area (Å²) in [7, 11) is 0. The van der Waals surface area contributed by atoms with E-state index in [0.29, 0.717) is 30.7 Å². The molecule has 110 valence electrons. The number of hydrogen-bond acceptors (Lipinski definition) is 4. The van der Waals surface area contributed by atoms with E-state index in [0.717, 1.165) is 29.2 Å². The molecule has 5 heteroatoms. The van der Waals surface area contributed by atoms with E-state index in [4.69, 9.17) is 9.47 Å². The summed E-state index contributed by atoms with van der Waals surface area (Å²) in [4.78, 5) is 15.7. The summed E-state index contributed by atoms with van der Waals surface area (Å²) in [5.41, 5.74) is 2.21. The summed E-state index contributed by atoms with van der Waals surface area (Å²) >= 11 is 0. The highest BCUT2D eigenvalue weighted by Crippen LogP contribution is 2.54. The number of aromatic nitrogens is 1. The van der Waals surface area contributed by atoms with Gasteiger partial charge >= 0.3 is 0 Å². The normalized spacial score (nSPS) is 23.7. The van der Waals surface area contributed by atoms with Gasteiger partial charge in [-0.3, -0.25) is 4.79 Å². The number of hydrogen-bond donors (Lipinski definition) is 1. The first-order valence-corrected chi connectivity index (χ1v) is 7.54. The van der Waals surface area contributed by atoms with E-state index in [1.165, 1.54) is 5.56 Å². The number of rotatable bonds is 2. The summed E-state index contributed by atoms with van der Waals surface area (Å²) in [6.07, 6.45) is 4.29. The fraction of sp³-hybridized carbons (Fsp3) is 0.294. The van der Waals surface area contributed by atoms with Gasteiger partial charge in [-0.1, -0.05) is 0 Å². The van der Waals surface area contributed by atoms with Gasteiger partial charge in [-0.2, -0.15) is 0 Å². The fourth-order valence-corrected chi connectivity index (χ4v) is 3.26. The molecule has 2 unspecified atom stereocenters. The molecule has 2 aliphatic heterocycles. The van der Waals surface area contributed by atoms with Crippen molar-refractivity contribution in [2.24, 2.45) is 0 Å². The van der Waals surface area contributed by atoms with Crippen LogP contribution in [0.15, 0.2) is 30.5 Å². The minimum absolute atomic E-state index is 0.00612. The van der Waals surface area contributed by atoms with Crippen LogP contribution in [0.2, 0.25) is 0 Å². The van der Waals surface area contributed by atoms with Crippen molar-refractivity contribution in [2.45, 2.75) is 31.3 Å². The SMILES string of the molecule is O=C1CCc2c(Oc3ccc4c(c3)C3CC3O4)ccnc2N1. The topological polar surface area (TPSA) is 60.5 Å². The first kappa shape index (κ1) is 12.0. The van der Waals surface area contributed by atoms with Gasteiger partial charge in [0.05, 0.1) is 0 Å². The molecule has 1 aromatic carbocycles. The molecule has 1 amide bonds.